The van der Waals surface area contributed by atoms with Crippen molar-refractivity contribution >= 4 is 21.5 Å². The fourth-order valence-electron chi connectivity index (χ4n) is 3.55. The van der Waals surface area contributed by atoms with E-state index in [4.69, 9.17) is 9.47 Å². The molecule has 1 atom stereocenters. The topological polar surface area (TPSA) is 85.8 Å². The first-order valence-corrected chi connectivity index (χ1v) is 12.7. The number of halogens is 3. The summed E-state index contributed by atoms with van der Waals surface area (Å²) in [6.07, 6.45) is 3.62. The summed E-state index contributed by atoms with van der Waals surface area (Å²) >= 11 is 0. The van der Waals surface area contributed by atoms with E-state index in [-0.39, 0.29) is 11.6 Å². The number of benzene rings is 1. The van der Waals surface area contributed by atoms with Gasteiger partial charge in [0, 0.05) is 25.5 Å². The molecule has 35 heavy (non-hydrogen) atoms. The zero-order chi connectivity index (χ0) is 26.1. The van der Waals surface area contributed by atoms with Gasteiger partial charge in [-0.05, 0) is 56.0 Å². The molecule has 0 bridgehead atoms. The van der Waals surface area contributed by atoms with E-state index in [1.807, 2.05) is 6.92 Å². The Morgan fingerprint density at radius 1 is 1.14 bits per heavy atom. The van der Waals surface area contributed by atoms with Crippen LogP contribution in [0.1, 0.15) is 39.0 Å². The molecule has 3 rings (SSSR count). The van der Waals surface area contributed by atoms with E-state index in [0.29, 0.717) is 30.8 Å². The molecule has 0 radical (unpaired) electrons. The second kappa shape index (κ2) is 9.88. The molecule has 0 saturated carbocycles. The maximum atomic E-state index is 14.7. The molecular weight excluding hydrogens is 485 g/mol. The van der Waals surface area contributed by atoms with Gasteiger partial charge >= 0.3 is 6.09 Å². The van der Waals surface area contributed by atoms with E-state index in [0.717, 1.165) is 11.8 Å². The highest BCUT2D eigenvalue weighted by atomic mass is 32.2. The minimum absolute atomic E-state index is 0.115. The molecule has 1 amide bonds. The van der Waals surface area contributed by atoms with Crippen molar-refractivity contribution in [3.05, 3.63) is 59.2 Å². The Labute approximate surface area is 202 Å². The van der Waals surface area contributed by atoms with Crippen LogP contribution in [0.4, 0.5) is 18.0 Å². The summed E-state index contributed by atoms with van der Waals surface area (Å²) < 4.78 is 76.6. The monoisotopic (exact) mass is 512 g/mol. The first-order valence-electron chi connectivity index (χ1n) is 10.8. The van der Waals surface area contributed by atoms with Crippen molar-refractivity contribution in [2.75, 3.05) is 19.3 Å². The maximum Gasteiger partial charge on any atom is 0.410 e. The predicted molar refractivity (Wildman–Crippen MR) is 123 cm³/mol. The van der Waals surface area contributed by atoms with E-state index in [1.54, 1.807) is 31.7 Å². The third kappa shape index (κ3) is 6.53. The van der Waals surface area contributed by atoms with Gasteiger partial charge < -0.3 is 14.4 Å². The molecule has 1 aromatic carbocycles. The van der Waals surface area contributed by atoms with E-state index in [1.165, 1.54) is 12.3 Å². The molecule has 1 aliphatic heterocycles. The highest BCUT2D eigenvalue weighted by Crippen LogP contribution is 2.30. The van der Waals surface area contributed by atoms with Crippen LogP contribution >= 0.6 is 0 Å². The van der Waals surface area contributed by atoms with Gasteiger partial charge in [-0.15, -0.1) is 0 Å². The summed E-state index contributed by atoms with van der Waals surface area (Å²) in [5.74, 6) is -4.13. The molecule has 11 heteroatoms. The van der Waals surface area contributed by atoms with Crippen LogP contribution < -0.4 is 4.74 Å². The fourth-order valence-corrected chi connectivity index (χ4v) is 4.19. The average molecular weight is 513 g/mol. The van der Waals surface area contributed by atoms with Gasteiger partial charge in [0.15, 0.2) is 27.2 Å². The lowest BCUT2D eigenvalue weighted by Gasteiger charge is -2.33. The normalized spacial score (nSPS) is 16.6. The van der Waals surface area contributed by atoms with E-state index in [2.05, 4.69) is 4.98 Å². The van der Waals surface area contributed by atoms with Gasteiger partial charge in [0.1, 0.15) is 23.7 Å². The highest BCUT2D eigenvalue weighted by Gasteiger charge is 2.28. The molecule has 0 spiro atoms. The number of pyridine rings is 1. The number of ether oxygens (including phenoxy) is 2. The number of nitrogens with zero attached hydrogens (tertiary/aromatic N) is 2. The first kappa shape index (κ1) is 26.5. The van der Waals surface area contributed by atoms with Crippen LogP contribution in [0.3, 0.4) is 0 Å². The Morgan fingerprint density at radius 2 is 1.77 bits per heavy atom. The second-order valence-electron chi connectivity index (χ2n) is 9.38. The number of hydrogen-bond acceptors (Lipinski definition) is 6. The zero-order valence-electron chi connectivity index (χ0n) is 20.1. The fraction of sp³-hybridized carbons (Fsp3) is 0.417. The van der Waals surface area contributed by atoms with Gasteiger partial charge in [-0.2, -0.15) is 0 Å². The van der Waals surface area contributed by atoms with Crippen LogP contribution in [0.5, 0.6) is 5.75 Å². The van der Waals surface area contributed by atoms with E-state index < -0.39 is 56.2 Å². The van der Waals surface area contributed by atoms with E-state index in [9.17, 15) is 26.4 Å². The summed E-state index contributed by atoms with van der Waals surface area (Å²) in [6.45, 7) is 7.35. The number of aromatic nitrogens is 1. The number of hydrogen-bond donors (Lipinski definition) is 0. The molecule has 1 aliphatic rings. The van der Waals surface area contributed by atoms with Crippen LogP contribution in [0.15, 0.2) is 35.4 Å². The molecule has 0 N–H and O–H groups in total. The SMILES string of the molecule is CC1CN(C(=O)OC(C)(C)C)CC=C1c1cnc(COc2c(F)cc(S(C)(=O)=O)cc2F)c(F)c1. The molecule has 2 aromatic rings. The van der Waals surface area contributed by atoms with E-state index >= 15 is 0 Å². The number of sulfone groups is 1. The lowest BCUT2D eigenvalue weighted by Crippen LogP contribution is -2.41. The third-order valence-corrected chi connectivity index (χ3v) is 6.30. The minimum Gasteiger partial charge on any atom is -0.481 e. The zero-order valence-corrected chi connectivity index (χ0v) is 20.9. The van der Waals surface area contributed by atoms with Crippen LogP contribution in [0.25, 0.3) is 5.57 Å². The van der Waals surface area contributed by atoms with Crippen LogP contribution in [0.2, 0.25) is 0 Å². The van der Waals surface area contributed by atoms with Crippen LogP contribution in [-0.4, -0.2) is 49.3 Å². The lowest BCUT2D eigenvalue weighted by molar-refractivity contribution is 0.0251. The van der Waals surface area contributed by atoms with Gasteiger partial charge in [-0.3, -0.25) is 4.98 Å². The van der Waals surface area contributed by atoms with Crippen molar-refractivity contribution in [3.63, 3.8) is 0 Å². The van der Waals surface area contributed by atoms with Gasteiger partial charge in [0.2, 0.25) is 0 Å². The Balaban J connectivity index is 1.72. The molecule has 1 unspecified atom stereocenters. The third-order valence-electron chi connectivity index (χ3n) is 5.21. The summed E-state index contributed by atoms with van der Waals surface area (Å²) in [7, 11) is -3.82. The van der Waals surface area contributed by atoms with Crippen molar-refractivity contribution in [2.24, 2.45) is 5.92 Å². The number of carbonyl (C=O) groups is 1. The van der Waals surface area contributed by atoms with Gasteiger partial charge in [-0.1, -0.05) is 13.0 Å². The predicted octanol–water partition coefficient (Wildman–Crippen LogP) is 4.75. The van der Waals surface area contributed by atoms with Gasteiger partial charge in [0.05, 0.1) is 4.90 Å². The Kier molecular flexibility index (Phi) is 7.49. The molecule has 2 heterocycles. The highest BCUT2D eigenvalue weighted by molar-refractivity contribution is 7.90. The number of rotatable bonds is 5. The van der Waals surface area contributed by atoms with Crippen molar-refractivity contribution in [2.45, 2.75) is 44.8 Å². The molecule has 0 saturated heterocycles. The minimum atomic E-state index is -3.82. The first-order chi connectivity index (χ1) is 16.2. The Hall–Kier alpha value is -3.08. The molecular formula is C24H27F3N2O5S. The van der Waals surface area contributed by atoms with Crippen molar-refractivity contribution in [3.8, 4) is 5.75 Å². The summed E-state index contributed by atoms with van der Waals surface area (Å²) in [4.78, 5) is 17.4. The lowest BCUT2D eigenvalue weighted by atomic mass is 9.91. The Morgan fingerprint density at radius 3 is 2.29 bits per heavy atom. The summed E-state index contributed by atoms with van der Waals surface area (Å²) in [5, 5.41) is 0. The van der Waals surface area contributed by atoms with Gasteiger partial charge in [0.25, 0.3) is 0 Å². The van der Waals surface area contributed by atoms with Crippen molar-refractivity contribution in [1.82, 2.24) is 9.88 Å². The quantitative estimate of drug-likeness (QED) is 0.575. The van der Waals surface area contributed by atoms with Crippen molar-refractivity contribution in [1.29, 1.82) is 0 Å². The Bertz CT molecular complexity index is 1250. The largest absolute Gasteiger partial charge is 0.481 e. The standard InChI is InChI=1S/C24H27F3N2O5S/c1-14-12-29(23(30)34-24(2,3)4)7-6-17(14)15-8-18(25)21(28-11-15)13-33-22-19(26)9-16(10-20(22)27)35(5,31)32/h6,8-11,14H,7,12-13H2,1-5H3. The van der Waals surface area contributed by atoms with Gasteiger partial charge in [-0.25, -0.2) is 26.4 Å². The average Bonchev–Trinajstić information content (AvgIpc) is 2.72. The smallest absolute Gasteiger partial charge is 0.410 e. The molecule has 0 fully saturated rings. The number of carbonyl (C=O) groups excluding carboxylic acids is 1. The summed E-state index contributed by atoms with van der Waals surface area (Å²) in [5.41, 5.74) is 0.519. The van der Waals surface area contributed by atoms with Crippen molar-refractivity contribution < 1.29 is 35.9 Å². The molecule has 1 aromatic heterocycles. The van der Waals surface area contributed by atoms with Crippen LogP contribution in [-0.2, 0) is 21.2 Å². The second-order valence-corrected chi connectivity index (χ2v) is 11.4. The number of amides is 1. The summed E-state index contributed by atoms with van der Waals surface area (Å²) in [6, 6.07) is 2.52. The molecule has 7 nitrogen and oxygen atoms in total. The maximum absolute atomic E-state index is 14.7. The molecule has 190 valence electrons. The molecule has 0 aliphatic carbocycles. The van der Waals surface area contributed by atoms with Crippen LogP contribution in [0, 0.1) is 23.4 Å².